The molecule has 0 spiro atoms. The van der Waals surface area contributed by atoms with Crippen LogP contribution in [-0.4, -0.2) is 29.2 Å². The van der Waals surface area contributed by atoms with Crippen LogP contribution in [0.2, 0.25) is 0 Å². The molecule has 0 unspecified atom stereocenters. The van der Waals surface area contributed by atoms with Gasteiger partial charge in [-0.3, -0.25) is 9.59 Å². The second-order valence-corrected chi connectivity index (χ2v) is 7.31. The average molecular weight is 383 g/mol. The fourth-order valence-electron chi connectivity index (χ4n) is 3.61. The molecule has 0 heterocycles. The molecule has 0 saturated heterocycles. The quantitative estimate of drug-likeness (QED) is 0.647. The van der Waals surface area contributed by atoms with Gasteiger partial charge in [-0.1, -0.05) is 31.4 Å². The van der Waals surface area contributed by atoms with Crippen molar-refractivity contribution in [1.29, 1.82) is 0 Å². The Morgan fingerprint density at radius 2 is 1.64 bits per heavy atom. The van der Waals surface area contributed by atoms with Gasteiger partial charge in [-0.15, -0.1) is 0 Å². The van der Waals surface area contributed by atoms with Crippen LogP contribution < -0.4 is 4.74 Å². The lowest BCUT2D eigenvalue weighted by Crippen LogP contribution is -2.43. The normalized spacial score (nSPS) is 14.5. The number of halogens is 1. The fraction of sp³-hybridized carbons (Fsp3) is 0.391. The van der Waals surface area contributed by atoms with E-state index in [0.717, 1.165) is 31.2 Å². The molecule has 1 amide bonds. The average Bonchev–Trinajstić information content (AvgIpc) is 2.72. The Kier molecular flexibility index (Phi) is 6.80. The smallest absolute Gasteiger partial charge is 0.261 e. The SMILES string of the molecule is CC(=O)c1ccc(OCC(=O)N(Cc2ccc(F)cc2)C2CCCCC2)cc1. The van der Waals surface area contributed by atoms with Crippen LogP contribution in [0.15, 0.2) is 48.5 Å². The van der Waals surface area contributed by atoms with Gasteiger partial charge < -0.3 is 9.64 Å². The molecule has 1 aliphatic rings. The summed E-state index contributed by atoms with van der Waals surface area (Å²) in [5, 5.41) is 0. The van der Waals surface area contributed by atoms with E-state index in [1.165, 1.54) is 25.5 Å². The van der Waals surface area contributed by atoms with Gasteiger partial charge in [0.2, 0.25) is 0 Å². The van der Waals surface area contributed by atoms with Gasteiger partial charge in [0, 0.05) is 18.2 Å². The largest absolute Gasteiger partial charge is 0.484 e. The maximum atomic E-state index is 13.2. The Balaban J connectivity index is 1.66. The molecule has 4 nitrogen and oxygen atoms in total. The highest BCUT2D eigenvalue weighted by atomic mass is 19.1. The van der Waals surface area contributed by atoms with Gasteiger partial charge in [0.25, 0.3) is 5.91 Å². The maximum absolute atomic E-state index is 13.2. The van der Waals surface area contributed by atoms with E-state index >= 15 is 0 Å². The lowest BCUT2D eigenvalue weighted by atomic mass is 9.93. The molecule has 0 atom stereocenters. The summed E-state index contributed by atoms with van der Waals surface area (Å²) in [5.74, 6) is 0.192. The van der Waals surface area contributed by atoms with Crippen LogP contribution in [0.4, 0.5) is 4.39 Å². The van der Waals surface area contributed by atoms with Gasteiger partial charge in [0.05, 0.1) is 0 Å². The zero-order valence-corrected chi connectivity index (χ0v) is 16.2. The van der Waals surface area contributed by atoms with E-state index in [2.05, 4.69) is 0 Å². The number of ketones is 1. The fourth-order valence-corrected chi connectivity index (χ4v) is 3.61. The Bertz CT molecular complexity index is 796. The van der Waals surface area contributed by atoms with Crippen molar-refractivity contribution in [3.05, 3.63) is 65.5 Å². The first-order chi connectivity index (χ1) is 13.5. The van der Waals surface area contributed by atoms with Gasteiger partial charge in [0.1, 0.15) is 11.6 Å². The van der Waals surface area contributed by atoms with Crippen molar-refractivity contribution in [2.75, 3.05) is 6.61 Å². The highest BCUT2D eigenvalue weighted by molar-refractivity contribution is 5.94. The van der Waals surface area contributed by atoms with Crippen molar-refractivity contribution in [1.82, 2.24) is 4.90 Å². The van der Waals surface area contributed by atoms with Crippen molar-refractivity contribution >= 4 is 11.7 Å². The van der Waals surface area contributed by atoms with Crippen LogP contribution >= 0.6 is 0 Å². The molecule has 1 aliphatic carbocycles. The van der Waals surface area contributed by atoms with E-state index in [1.807, 2.05) is 4.90 Å². The van der Waals surface area contributed by atoms with Crippen LogP contribution in [-0.2, 0) is 11.3 Å². The zero-order valence-electron chi connectivity index (χ0n) is 16.2. The van der Waals surface area contributed by atoms with E-state index in [4.69, 9.17) is 4.74 Å². The number of rotatable bonds is 7. The number of amides is 1. The molecule has 0 bridgehead atoms. The van der Waals surface area contributed by atoms with E-state index < -0.39 is 0 Å². The highest BCUT2D eigenvalue weighted by Gasteiger charge is 2.26. The number of nitrogens with zero attached hydrogens (tertiary/aromatic N) is 1. The minimum Gasteiger partial charge on any atom is -0.484 e. The first-order valence-corrected chi connectivity index (χ1v) is 9.80. The van der Waals surface area contributed by atoms with E-state index in [1.54, 1.807) is 36.4 Å². The standard InChI is InChI=1S/C23H26FNO3/c1-17(26)19-9-13-22(14-10-19)28-16-23(27)25(21-5-3-2-4-6-21)15-18-7-11-20(24)12-8-18/h7-14,21H,2-6,15-16H2,1H3. The van der Waals surface area contributed by atoms with Crippen molar-refractivity contribution in [2.45, 2.75) is 51.6 Å². The molecule has 1 fully saturated rings. The first kappa shape index (κ1) is 20.1. The van der Waals surface area contributed by atoms with Crippen molar-refractivity contribution in [3.63, 3.8) is 0 Å². The summed E-state index contributed by atoms with van der Waals surface area (Å²) in [6, 6.07) is 13.3. The second kappa shape index (κ2) is 9.49. The number of hydrogen-bond donors (Lipinski definition) is 0. The monoisotopic (exact) mass is 383 g/mol. The number of Topliss-reactive ketones (excluding diaryl/α,β-unsaturated/α-hetero) is 1. The van der Waals surface area contributed by atoms with Crippen molar-refractivity contribution in [2.24, 2.45) is 0 Å². The Labute approximate surface area is 165 Å². The number of carbonyl (C=O) groups is 2. The van der Waals surface area contributed by atoms with Gasteiger partial charge in [-0.05, 0) is 61.7 Å². The third kappa shape index (κ3) is 5.41. The Hall–Kier alpha value is -2.69. The molecule has 5 heteroatoms. The molecule has 0 aliphatic heterocycles. The van der Waals surface area contributed by atoms with Crippen molar-refractivity contribution in [3.8, 4) is 5.75 Å². The summed E-state index contributed by atoms with van der Waals surface area (Å²) in [5.41, 5.74) is 1.52. The van der Waals surface area contributed by atoms with Crippen LogP contribution in [0.1, 0.15) is 54.9 Å². The molecule has 148 valence electrons. The van der Waals surface area contributed by atoms with E-state index in [-0.39, 0.29) is 30.2 Å². The maximum Gasteiger partial charge on any atom is 0.261 e. The van der Waals surface area contributed by atoms with Crippen LogP contribution in [0.3, 0.4) is 0 Å². The predicted molar refractivity (Wildman–Crippen MR) is 106 cm³/mol. The zero-order chi connectivity index (χ0) is 19.9. The van der Waals surface area contributed by atoms with Gasteiger partial charge >= 0.3 is 0 Å². The van der Waals surface area contributed by atoms with Gasteiger partial charge in [0.15, 0.2) is 12.4 Å². The minimum absolute atomic E-state index is 0.00889. The van der Waals surface area contributed by atoms with E-state index in [0.29, 0.717) is 17.9 Å². The Morgan fingerprint density at radius 1 is 1.00 bits per heavy atom. The number of benzene rings is 2. The van der Waals surface area contributed by atoms with Crippen LogP contribution in [0.25, 0.3) is 0 Å². The predicted octanol–water partition coefficient (Wildman–Crippen LogP) is 4.77. The highest BCUT2D eigenvalue weighted by Crippen LogP contribution is 2.25. The molecule has 0 radical (unpaired) electrons. The minimum atomic E-state index is -0.281. The summed E-state index contributed by atoms with van der Waals surface area (Å²) in [6.45, 7) is 1.91. The van der Waals surface area contributed by atoms with Crippen LogP contribution in [0.5, 0.6) is 5.75 Å². The van der Waals surface area contributed by atoms with Gasteiger partial charge in [-0.2, -0.15) is 0 Å². The molecule has 28 heavy (non-hydrogen) atoms. The summed E-state index contributed by atoms with van der Waals surface area (Å²) in [4.78, 5) is 26.2. The summed E-state index contributed by atoms with van der Waals surface area (Å²) < 4.78 is 18.9. The number of hydrogen-bond acceptors (Lipinski definition) is 3. The molecule has 0 aromatic heterocycles. The molecule has 2 aromatic rings. The molecular formula is C23H26FNO3. The topological polar surface area (TPSA) is 46.6 Å². The molecule has 0 N–H and O–H groups in total. The molecular weight excluding hydrogens is 357 g/mol. The van der Waals surface area contributed by atoms with E-state index in [9.17, 15) is 14.0 Å². The first-order valence-electron chi connectivity index (χ1n) is 9.80. The third-order valence-electron chi connectivity index (χ3n) is 5.23. The summed E-state index contributed by atoms with van der Waals surface area (Å²) in [7, 11) is 0. The second-order valence-electron chi connectivity index (χ2n) is 7.31. The summed E-state index contributed by atoms with van der Waals surface area (Å²) >= 11 is 0. The molecule has 3 rings (SSSR count). The lowest BCUT2D eigenvalue weighted by Gasteiger charge is -2.34. The third-order valence-corrected chi connectivity index (χ3v) is 5.23. The number of ether oxygens (including phenoxy) is 1. The Morgan fingerprint density at radius 3 is 2.25 bits per heavy atom. The molecule has 2 aromatic carbocycles. The lowest BCUT2D eigenvalue weighted by molar-refractivity contribution is -0.137. The molecule has 1 saturated carbocycles. The number of carbonyl (C=O) groups excluding carboxylic acids is 2. The summed E-state index contributed by atoms with van der Waals surface area (Å²) in [6.07, 6.45) is 5.41. The van der Waals surface area contributed by atoms with Crippen molar-refractivity contribution < 1.29 is 18.7 Å². The van der Waals surface area contributed by atoms with Gasteiger partial charge in [-0.25, -0.2) is 4.39 Å². The van der Waals surface area contributed by atoms with Crippen LogP contribution in [0, 0.1) is 5.82 Å².